The molecule has 0 aliphatic heterocycles. The molecule has 1 amide bonds. The van der Waals surface area contributed by atoms with E-state index < -0.39 is 5.91 Å². The van der Waals surface area contributed by atoms with Gasteiger partial charge in [0.15, 0.2) is 0 Å². The molecule has 1 aromatic rings. The molecule has 0 bridgehead atoms. The van der Waals surface area contributed by atoms with Crippen molar-refractivity contribution in [2.75, 3.05) is 19.6 Å². The number of benzene rings is 1. The number of hydrogen-bond donors (Lipinski definition) is 2. The lowest BCUT2D eigenvalue weighted by Crippen LogP contribution is -2.38. The van der Waals surface area contributed by atoms with E-state index in [4.69, 9.17) is 23.1 Å². The molecular formula is C15H24ClN3O. The first-order valence-corrected chi connectivity index (χ1v) is 7.17. The summed E-state index contributed by atoms with van der Waals surface area (Å²) >= 11 is 6.22. The van der Waals surface area contributed by atoms with Crippen LogP contribution in [0.25, 0.3) is 0 Å². The second kappa shape index (κ2) is 7.07. The SMILES string of the molecule is CCN(Cc1ccc(C(N)=O)cc1Cl)CC(C)(C)CN. The predicted octanol–water partition coefficient (Wildman–Crippen LogP) is 2.25. The minimum absolute atomic E-state index is 0.0651. The third-order valence-electron chi connectivity index (χ3n) is 3.38. The van der Waals surface area contributed by atoms with Crippen LogP contribution in [0.15, 0.2) is 18.2 Å². The van der Waals surface area contributed by atoms with Gasteiger partial charge in [-0.15, -0.1) is 0 Å². The van der Waals surface area contributed by atoms with E-state index in [0.717, 1.165) is 25.2 Å². The first-order valence-electron chi connectivity index (χ1n) is 6.79. The molecule has 112 valence electrons. The lowest BCUT2D eigenvalue weighted by molar-refractivity contribution is 0.100. The molecule has 1 rings (SSSR count). The molecule has 4 nitrogen and oxygen atoms in total. The minimum Gasteiger partial charge on any atom is -0.366 e. The standard InChI is InChI=1S/C15H24ClN3O/c1-4-19(10-15(2,3)9-17)8-12-6-5-11(14(18)20)7-13(12)16/h5-7H,4,8-10,17H2,1-3H3,(H2,18,20). The zero-order valence-corrected chi connectivity index (χ0v) is 13.2. The summed E-state index contributed by atoms with van der Waals surface area (Å²) in [4.78, 5) is 13.4. The summed E-state index contributed by atoms with van der Waals surface area (Å²) in [6.45, 7) is 9.58. The minimum atomic E-state index is -0.463. The second-order valence-electron chi connectivity index (χ2n) is 5.84. The van der Waals surface area contributed by atoms with Crippen molar-refractivity contribution in [3.8, 4) is 0 Å². The van der Waals surface area contributed by atoms with Crippen molar-refractivity contribution in [3.63, 3.8) is 0 Å². The molecule has 0 radical (unpaired) electrons. The van der Waals surface area contributed by atoms with Gasteiger partial charge in [-0.25, -0.2) is 0 Å². The van der Waals surface area contributed by atoms with Crippen LogP contribution in [0.5, 0.6) is 0 Å². The molecular weight excluding hydrogens is 274 g/mol. The highest BCUT2D eigenvalue weighted by molar-refractivity contribution is 6.31. The summed E-state index contributed by atoms with van der Waals surface area (Å²) in [6.07, 6.45) is 0. The van der Waals surface area contributed by atoms with Crippen molar-refractivity contribution in [2.45, 2.75) is 27.3 Å². The second-order valence-corrected chi connectivity index (χ2v) is 6.25. The Morgan fingerprint density at radius 2 is 2.05 bits per heavy atom. The van der Waals surface area contributed by atoms with Gasteiger partial charge in [-0.3, -0.25) is 9.69 Å². The molecule has 0 saturated carbocycles. The van der Waals surface area contributed by atoms with Crippen molar-refractivity contribution >= 4 is 17.5 Å². The first kappa shape index (κ1) is 17.0. The van der Waals surface area contributed by atoms with Gasteiger partial charge in [0, 0.05) is 23.7 Å². The van der Waals surface area contributed by atoms with Crippen molar-refractivity contribution < 1.29 is 4.79 Å². The molecule has 0 spiro atoms. The molecule has 0 heterocycles. The number of nitrogens with zero attached hydrogens (tertiary/aromatic N) is 1. The number of carbonyl (C=O) groups excluding carboxylic acids is 1. The highest BCUT2D eigenvalue weighted by Crippen LogP contribution is 2.22. The highest BCUT2D eigenvalue weighted by atomic mass is 35.5. The van der Waals surface area contributed by atoms with Crippen LogP contribution < -0.4 is 11.5 Å². The summed E-state index contributed by atoms with van der Waals surface area (Å²) in [5.74, 6) is -0.463. The van der Waals surface area contributed by atoms with E-state index in [2.05, 4.69) is 25.7 Å². The van der Waals surface area contributed by atoms with Gasteiger partial charge in [0.05, 0.1) is 0 Å². The lowest BCUT2D eigenvalue weighted by Gasteiger charge is -2.31. The largest absolute Gasteiger partial charge is 0.366 e. The zero-order chi connectivity index (χ0) is 15.3. The molecule has 0 fully saturated rings. The van der Waals surface area contributed by atoms with E-state index in [1.165, 1.54) is 0 Å². The Hall–Kier alpha value is -1.10. The van der Waals surface area contributed by atoms with Crippen molar-refractivity contribution in [3.05, 3.63) is 34.3 Å². The Kier molecular flexibility index (Phi) is 5.99. The summed E-state index contributed by atoms with van der Waals surface area (Å²) in [5, 5.41) is 0.574. The predicted molar refractivity (Wildman–Crippen MR) is 83.8 cm³/mol. The van der Waals surface area contributed by atoms with Crippen LogP contribution in [0, 0.1) is 5.41 Å². The van der Waals surface area contributed by atoms with Gasteiger partial charge in [0.2, 0.25) is 5.91 Å². The third kappa shape index (κ3) is 4.78. The van der Waals surface area contributed by atoms with E-state index in [1.54, 1.807) is 12.1 Å². The van der Waals surface area contributed by atoms with E-state index >= 15 is 0 Å². The third-order valence-corrected chi connectivity index (χ3v) is 3.73. The Labute approximate surface area is 126 Å². The van der Waals surface area contributed by atoms with Crippen LogP contribution in [0.2, 0.25) is 5.02 Å². The number of primary amides is 1. The summed E-state index contributed by atoms with van der Waals surface area (Å²) in [7, 11) is 0. The fourth-order valence-electron chi connectivity index (χ4n) is 2.02. The molecule has 20 heavy (non-hydrogen) atoms. The maximum absolute atomic E-state index is 11.1. The Balaban J connectivity index is 2.83. The topological polar surface area (TPSA) is 72.3 Å². The molecule has 0 aromatic heterocycles. The number of hydrogen-bond acceptors (Lipinski definition) is 3. The number of amides is 1. The van der Waals surface area contributed by atoms with Gasteiger partial charge in [0.1, 0.15) is 0 Å². The van der Waals surface area contributed by atoms with Gasteiger partial charge in [-0.05, 0) is 36.2 Å². The van der Waals surface area contributed by atoms with Crippen LogP contribution in [0.1, 0.15) is 36.7 Å². The number of carbonyl (C=O) groups is 1. The summed E-state index contributed by atoms with van der Waals surface area (Å²) < 4.78 is 0. The van der Waals surface area contributed by atoms with Crippen molar-refractivity contribution in [2.24, 2.45) is 16.9 Å². The van der Waals surface area contributed by atoms with Crippen LogP contribution in [-0.4, -0.2) is 30.4 Å². The zero-order valence-electron chi connectivity index (χ0n) is 12.4. The maximum atomic E-state index is 11.1. The summed E-state index contributed by atoms with van der Waals surface area (Å²) in [5.41, 5.74) is 12.5. The van der Waals surface area contributed by atoms with Gasteiger partial charge in [0.25, 0.3) is 0 Å². The smallest absolute Gasteiger partial charge is 0.248 e. The van der Waals surface area contributed by atoms with Gasteiger partial charge < -0.3 is 11.5 Å². The maximum Gasteiger partial charge on any atom is 0.248 e. The number of halogens is 1. The average molecular weight is 298 g/mol. The monoisotopic (exact) mass is 297 g/mol. The van der Waals surface area contributed by atoms with E-state index in [-0.39, 0.29) is 5.41 Å². The molecule has 0 atom stereocenters. The normalized spacial score (nSPS) is 11.9. The molecule has 0 aliphatic carbocycles. The Morgan fingerprint density at radius 3 is 2.50 bits per heavy atom. The van der Waals surface area contributed by atoms with Crippen LogP contribution >= 0.6 is 11.6 Å². The molecule has 5 heteroatoms. The number of nitrogens with two attached hydrogens (primary N) is 2. The van der Waals surface area contributed by atoms with Gasteiger partial charge in [-0.2, -0.15) is 0 Å². The Morgan fingerprint density at radius 1 is 1.40 bits per heavy atom. The van der Waals surface area contributed by atoms with E-state index in [9.17, 15) is 4.79 Å². The van der Waals surface area contributed by atoms with Crippen molar-refractivity contribution in [1.82, 2.24) is 4.90 Å². The first-order chi connectivity index (χ1) is 9.29. The molecule has 0 unspecified atom stereocenters. The molecule has 1 aromatic carbocycles. The van der Waals surface area contributed by atoms with E-state index in [1.807, 2.05) is 6.07 Å². The molecule has 4 N–H and O–H groups in total. The fourth-order valence-corrected chi connectivity index (χ4v) is 2.26. The van der Waals surface area contributed by atoms with Gasteiger partial charge >= 0.3 is 0 Å². The highest BCUT2D eigenvalue weighted by Gasteiger charge is 2.20. The summed E-state index contributed by atoms with van der Waals surface area (Å²) in [6, 6.07) is 5.20. The van der Waals surface area contributed by atoms with Crippen LogP contribution in [-0.2, 0) is 6.54 Å². The molecule has 0 saturated heterocycles. The van der Waals surface area contributed by atoms with Gasteiger partial charge in [-0.1, -0.05) is 38.4 Å². The fraction of sp³-hybridized carbons (Fsp3) is 0.533. The molecule has 0 aliphatic rings. The van der Waals surface area contributed by atoms with Crippen LogP contribution in [0.3, 0.4) is 0 Å². The van der Waals surface area contributed by atoms with Crippen LogP contribution in [0.4, 0.5) is 0 Å². The Bertz CT molecular complexity index is 474. The number of rotatable bonds is 7. The lowest BCUT2D eigenvalue weighted by atomic mass is 9.93. The quantitative estimate of drug-likeness (QED) is 0.811. The van der Waals surface area contributed by atoms with E-state index in [0.29, 0.717) is 17.1 Å². The van der Waals surface area contributed by atoms with Crippen molar-refractivity contribution in [1.29, 1.82) is 0 Å². The average Bonchev–Trinajstić information content (AvgIpc) is 2.39.